The van der Waals surface area contributed by atoms with E-state index in [1.807, 2.05) is 0 Å². The van der Waals surface area contributed by atoms with Gasteiger partial charge in [0.05, 0.1) is 17.4 Å². The van der Waals surface area contributed by atoms with Crippen LogP contribution in [0.1, 0.15) is 30.1 Å². The Kier molecular flexibility index (Phi) is 5.63. The SMILES string of the molecule is O=C(O)CON=C1CC2C1CC(C#CC(O)c1cccc(C(F)(F)F)c1)C2O. The van der Waals surface area contributed by atoms with Crippen LogP contribution < -0.4 is 0 Å². The molecule has 3 rings (SSSR count). The molecule has 0 amide bonds. The number of aliphatic hydroxyl groups is 2. The highest BCUT2D eigenvalue weighted by Gasteiger charge is 2.51. The summed E-state index contributed by atoms with van der Waals surface area (Å²) in [6.07, 6.45) is -5.73. The number of fused-ring (bicyclic) bond motifs is 1. The lowest BCUT2D eigenvalue weighted by molar-refractivity contribution is -0.142. The molecule has 2 aliphatic rings. The monoisotopic (exact) mass is 397 g/mol. The number of hydrogen-bond acceptors (Lipinski definition) is 5. The number of benzene rings is 1. The zero-order chi connectivity index (χ0) is 20.5. The normalized spacial score (nSPS) is 28.7. The maximum absolute atomic E-state index is 12.8. The van der Waals surface area contributed by atoms with Crippen molar-refractivity contribution in [1.82, 2.24) is 0 Å². The number of carbonyl (C=O) groups is 1. The van der Waals surface area contributed by atoms with E-state index in [1.165, 1.54) is 12.1 Å². The van der Waals surface area contributed by atoms with E-state index in [1.54, 1.807) is 0 Å². The number of alkyl halides is 3. The van der Waals surface area contributed by atoms with Crippen LogP contribution in [0.4, 0.5) is 13.2 Å². The molecule has 0 saturated heterocycles. The van der Waals surface area contributed by atoms with Crippen LogP contribution in [-0.4, -0.2) is 39.7 Å². The highest BCUT2D eigenvalue weighted by molar-refractivity contribution is 5.93. The van der Waals surface area contributed by atoms with Crippen molar-refractivity contribution in [3.8, 4) is 11.8 Å². The number of aliphatic carboxylic acids is 1. The fourth-order valence-electron chi connectivity index (χ4n) is 3.58. The number of nitrogens with zero attached hydrogens (tertiary/aromatic N) is 1. The molecule has 3 N–H and O–H groups in total. The summed E-state index contributed by atoms with van der Waals surface area (Å²) in [5, 5.41) is 32.7. The molecule has 2 saturated carbocycles. The topological polar surface area (TPSA) is 99.4 Å². The molecular formula is C19H18F3NO5. The first-order valence-electron chi connectivity index (χ1n) is 8.61. The predicted octanol–water partition coefficient (Wildman–Crippen LogP) is 2.22. The van der Waals surface area contributed by atoms with Crippen molar-refractivity contribution in [2.45, 2.75) is 31.2 Å². The van der Waals surface area contributed by atoms with Gasteiger partial charge in [-0.1, -0.05) is 29.1 Å². The Hall–Kier alpha value is -2.57. The summed E-state index contributed by atoms with van der Waals surface area (Å²) in [5.74, 6) is 3.54. The second-order valence-corrected chi connectivity index (χ2v) is 6.87. The van der Waals surface area contributed by atoms with Gasteiger partial charge in [0.2, 0.25) is 6.61 Å². The molecule has 1 aromatic rings. The lowest BCUT2D eigenvalue weighted by Crippen LogP contribution is -2.38. The van der Waals surface area contributed by atoms with Gasteiger partial charge in [-0.05, 0) is 36.5 Å². The molecule has 5 atom stereocenters. The van der Waals surface area contributed by atoms with Gasteiger partial charge in [-0.15, -0.1) is 0 Å². The van der Waals surface area contributed by atoms with Crippen molar-refractivity contribution in [3.63, 3.8) is 0 Å². The minimum Gasteiger partial charge on any atom is -0.479 e. The van der Waals surface area contributed by atoms with Gasteiger partial charge in [0.15, 0.2) is 0 Å². The second-order valence-electron chi connectivity index (χ2n) is 6.87. The van der Waals surface area contributed by atoms with E-state index in [0.717, 1.165) is 12.1 Å². The molecule has 0 heterocycles. The standard InChI is InChI=1S/C19H18F3NO5/c20-19(21,22)12-3-1-2-10(6-12)16(24)5-4-11-7-13-14(18(11)27)8-15(13)23-28-9-17(25)26/h1-3,6,11,13-14,16,18,24,27H,7-9H2,(H,25,26). The van der Waals surface area contributed by atoms with E-state index in [4.69, 9.17) is 9.94 Å². The maximum atomic E-state index is 12.8. The van der Waals surface area contributed by atoms with E-state index < -0.39 is 42.4 Å². The number of carboxylic acid groups (broad SMARTS) is 1. The summed E-state index contributed by atoms with van der Waals surface area (Å²) in [6.45, 7) is -0.546. The van der Waals surface area contributed by atoms with Crippen molar-refractivity contribution in [2.75, 3.05) is 6.61 Å². The Balaban J connectivity index is 1.64. The number of aliphatic hydroxyl groups excluding tert-OH is 2. The van der Waals surface area contributed by atoms with E-state index in [2.05, 4.69) is 17.0 Å². The minimum atomic E-state index is -4.51. The first-order chi connectivity index (χ1) is 13.2. The zero-order valence-corrected chi connectivity index (χ0v) is 14.6. The molecule has 9 heteroatoms. The first kappa shape index (κ1) is 20.2. The predicted molar refractivity (Wildman–Crippen MR) is 90.9 cm³/mol. The molecule has 0 aliphatic heterocycles. The van der Waals surface area contributed by atoms with Crippen LogP contribution in [0.15, 0.2) is 29.4 Å². The number of halogens is 3. The lowest BCUT2D eigenvalue weighted by atomic mass is 9.73. The van der Waals surface area contributed by atoms with Crippen molar-refractivity contribution in [3.05, 3.63) is 35.4 Å². The van der Waals surface area contributed by atoms with Crippen LogP contribution in [0.2, 0.25) is 0 Å². The second kappa shape index (κ2) is 7.81. The smallest absolute Gasteiger partial charge is 0.416 e. The number of carboxylic acids is 1. The molecular weight excluding hydrogens is 379 g/mol. The maximum Gasteiger partial charge on any atom is 0.416 e. The van der Waals surface area contributed by atoms with Gasteiger partial charge in [-0.2, -0.15) is 13.2 Å². The van der Waals surface area contributed by atoms with E-state index in [-0.39, 0.29) is 17.4 Å². The Morgan fingerprint density at radius 2 is 2.14 bits per heavy atom. The molecule has 2 fully saturated rings. The number of rotatable bonds is 4. The van der Waals surface area contributed by atoms with Crippen molar-refractivity contribution in [1.29, 1.82) is 0 Å². The third-order valence-electron chi connectivity index (χ3n) is 5.05. The molecule has 6 nitrogen and oxygen atoms in total. The minimum absolute atomic E-state index is 0.0297. The lowest BCUT2D eigenvalue weighted by Gasteiger charge is -2.33. The quantitative estimate of drug-likeness (QED) is 0.535. The van der Waals surface area contributed by atoms with Gasteiger partial charge < -0.3 is 20.2 Å². The summed E-state index contributed by atoms with van der Waals surface area (Å²) in [6, 6.07) is 4.31. The van der Waals surface area contributed by atoms with E-state index in [9.17, 15) is 28.2 Å². The van der Waals surface area contributed by atoms with E-state index >= 15 is 0 Å². The third-order valence-corrected chi connectivity index (χ3v) is 5.05. The Bertz CT molecular complexity index is 842. The van der Waals surface area contributed by atoms with Gasteiger partial charge in [0.1, 0.15) is 6.10 Å². The summed E-state index contributed by atoms with van der Waals surface area (Å²) >= 11 is 0. The van der Waals surface area contributed by atoms with E-state index in [0.29, 0.717) is 18.6 Å². The summed E-state index contributed by atoms with van der Waals surface area (Å²) in [5.41, 5.74) is -0.179. The van der Waals surface area contributed by atoms with Crippen LogP contribution >= 0.6 is 0 Å². The van der Waals surface area contributed by atoms with Crippen molar-refractivity contribution >= 4 is 11.7 Å². The number of oxime groups is 1. The fraction of sp³-hybridized carbons (Fsp3) is 0.474. The average Bonchev–Trinajstić information content (AvgIpc) is 2.86. The molecule has 28 heavy (non-hydrogen) atoms. The fourth-order valence-corrected chi connectivity index (χ4v) is 3.58. The molecule has 5 unspecified atom stereocenters. The Labute approximate surface area is 158 Å². The van der Waals surface area contributed by atoms with Crippen LogP contribution in [0, 0.1) is 29.6 Å². The van der Waals surface area contributed by atoms with Crippen LogP contribution in [0.5, 0.6) is 0 Å². The highest BCUT2D eigenvalue weighted by Crippen LogP contribution is 2.48. The first-order valence-corrected chi connectivity index (χ1v) is 8.61. The van der Waals surface area contributed by atoms with Gasteiger partial charge in [-0.3, -0.25) is 0 Å². The Morgan fingerprint density at radius 1 is 1.39 bits per heavy atom. The largest absolute Gasteiger partial charge is 0.479 e. The zero-order valence-electron chi connectivity index (χ0n) is 14.6. The van der Waals surface area contributed by atoms with Gasteiger partial charge in [0.25, 0.3) is 0 Å². The molecule has 0 aromatic heterocycles. The summed E-state index contributed by atoms with van der Waals surface area (Å²) in [4.78, 5) is 15.1. The molecule has 0 bridgehead atoms. The molecule has 2 aliphatic carbocycles. The number of hydrogen-bond donors (Lipinski definition) is 3. The van der Waals surface area contributed by atoms with Crippen molar-refractivity contribution in [2.24, 2.45) is 22.9 Å². The van der Waals surface area contributed by atoms with Gasteiger partial charge in [0, 0.05) is 11.8 Å². The van der Waals surface area contributed by atoms with Gasteiger partial charge in [-0.25, -0.2) is 4.79 Å². The van der Waals surface area contributed by atoms with Crippen LogP contribution in [0.3, 0.4) is 0 Å². The molecule has 0 radical (unpaired) electrons. The molecule has 0 spiro atoms. The Morgan fingerprint density at radius 3 is 2.82 bits per heavy atom. The van der Waals surface area contributed by atoms with Crippen molar-refractivity contribution < 1.29 is 38.1 Å². The average molecular weight is 397 g/mol. The summed E-state index contributed by atoms with van der Waals surface area (Å²) in [7, 11) is 0. The third kappa shape index (κ3) is 4.29. The molecule has 1 aromatic carbocycles. The van der Waals surface area contributed by atoms with Crippen LogP contribution in [-0.2, 0) is 15.8 Å². The summed E-state index contributed by atoms with van der Waals surface area (Å²) < 4.78 is 38.3. The highest BCUT2D eigenvalue weighted by atomic mass is 19.4. The molecule has 150 valence electrons. The van der Waals surface area contributed by atoms with Gasteiger partial charge >= 0.3 is 12.1 Å². The van der Waals surface area contributed by atoms with Crippen LogP contribution in [0.25, 0.3) is 0 Å².